The first-order valence-corrected chi connectivity index (χ1v) is 6.43. The second kappa shape index (κ2) is 8.20. The van der Waals surface area contributed by atoms with Crippen LogP contribution < -0.4 is 16.4 Å². The minimum atomic E-state index is -0.254. The zero-order valence-corrected chi connectivity index (χ0v) is 11.9. The van der Waals surface area contributed by atoms with Crippen LogP contribution in [0, 0.1) is 11.8 Å². The minimum absolute atomic E-state index is 0.134. The van der Waals surface area contributed by atoms with Crippen molar-refractivity contribution in [2.24, 2.45) is 5.73 Å². The third-order valence-electron chi connectivity index (χ3n) is 2.34. The van der Waals surface area contributed by atoms with Crippen molar-refractivity contribution in [1.29, 1.82) is 0 Å². The van der Waals surface area contributed by atoms with Crippen LogP contribution in [-0.2, 0) is 4.79 Å². The number of amides is 2. The summed E-state index contributed by atoms with van der Waals surface area (Å²) in [4.78, 5) is 22.5. The van der Waals surface area contributed by atoms with Gasteiger partial charge in [-0.2, -0.15) is 0 Å². The summed E-state index contributed by atoms with van der Waals surface area (Å²) in [6, 6.07) is 4.86. The highest BCUT2D eigenvalue weighted by molar-refractivity contribution is 6.32. The smallest absolute Gasteiger partial charge is 0.251 e. The van der Waals surface area contributed by atoms with E-state index in [9.17, 15) is 9.59 Å². The molecule has 0 bridgehead atoms. The largest absolute Gasteiger partial charge is 0.355 e. The van der Waals surface area contributed by atoms with Gasteiger partial charge in [-0.25, -0.2) is 0 Å². The summed E-state index contributed by atoms with van der Waals surface area (Å²) in [5.74, 6) is 5.13. The SMILES string of the molecule is CC(=O)NCCNC(=O)c1ccc(C#CCN)c(Cl)c1. The number of benzene rings is 1. The van der Waals surface area contributed by atoms with Gasteiger partial charge < -0.3 is 16.4 Å². The Bertz CT molecular complexity index is 561. The standard InChI is InChI=1S/C14H16ClN3O2/c1-10(19)17-7-8-18-14(20)12-5-4-11(3-2-6-16)13(15)9-12/h4-5,9H,6-8,16H2,1H3,(H,17,19)(H,18,20). The highest BCUT2D eigenvalue weighted by atomic mass is 35.5. The molecule has 0 aromatic heterocycles. The Morgan fingerprint density at radius 3 is 2.60 bits per heavy atom. The first kappa shape index (κ1) is 16.0. The van der Waals surface area contributed by atoms with Crippen LogP contribution in [0.25, 0.3) is 0 Å². The van der Waals surface area contributed by atoms with E-state index >= 15 is 0 Å². The van der Waals surface area contributed by atoms with Crippen molar-refractivity contribution < 1.29 is 9.59 Å². The zero-order valence-electron chi connectivity index (χ0n) is 11.1. The van der Waals surface area contributed by atoms with Crippen LogP contribution >= 0.6 is 11.6 Å². The molecule has 1 aromatic carbocycles. The molecule has 0 fully saturated rings. The molecular formula is C14H16ClN3O2. The molecule has 4 N–H and O–H groups in total. The second-order valence-corrected chi connectivity index (χ2v) is 4.35. The van der Waals surface area contributed by atoms with Crippen molar-refractivity contribution in [1.82, 2.24) is 10.6 Å². The lowest BCUT2D eigenvalue weighted by atomic mass is 10.1. The lowest BCUT2D eigenvalue weighted by molar-refractivity contribution is -0.118. The van der Waals surface area contributed by atoms with Crippen LogP contribution in [0.15, 0.2) is 18.2 Å². The van der Waals surface area contributed by atoms with Crippen molar-refractivity contribution in [3.8, 4) is 11.8 Å². The van der Waals surface area contributed by atoms with Crippen LogP contribution in [0.1, 0.15) is 22.8 Å². The highest BCUT2D eigenvalue weighted by Crippen LogP contribution is 2.16. The Morgan fingerprint density at radius 2 is 2.00 bits per heavy atom. The molecule has 0 saturated carbocycles. The normalized spacial score (nSPS) is 9.35. The molecule has 1 rings (SSSR count). The van der Waals surface area contributed by atoms with Gasteiger partial charge in [0.15, 0.2) is 0 Å². The maximum absolute atomic E-state index is 11.8. The Labute approximate surface area is 122 Å². The van der Waals surface area contributed by atoms with Gasteiger partial charge in [-0.3, -0.25) is 9.59 Å². The van der Waals surface area contributed by atoms with E-state index in [-0.39, 0.29) is 18.4 Å². The van der Waals surface area contributed by atoms with Crippen LogP contribution in [-0.4, -0.2) is 31.4 Å². The monoisotopic (exact) mass is 293 g/mol. The topological polar surface area (TPSA) is 84.2 Å². The fourth-order valence-electron chi connectivity index (χ4n) is 1.42. The van der Waals surface area contributed by atoms with Crippen molar-refractivity contribution in [3.05, 3.63) is 34.3 Å². The third kappa shape index (κ3) is 5.31. The van der Waals surface area contributed by atoms with E-state index in [1.165, 1.54) is 6.92 Å². The van der Waals surface area contributed by atoms with E-state index < -0.39 is 0 Å². The van der Waals surface area contributed by atoms with Gasteiger partial charge in [0.1, 0.15) is 0 Å². The lowest BCUT2D eigenvalue weighted by Crippen LogP contribution is -2.33. The van der Waals surface area contributed by atoms with E-state index in [2.05, 4.69) is 22.5 Å². The molecule has 5 nitrogen and oxygen atoms in total. The number of rotatable bonds is 4. The molecule has 0 aliphatic heterocycles. The maximum Gasteiger partial charge on any atom is 0.251 e. The molecular weight excluding hydrogens is 278 g/mol. The zero-order chi connectivity index (χ0) is 15.0. The molecule has 6 heteroatoms. The summed E-state index contributed by atoms with van der Waals surface area (Å²) in [5.41, 5.74) is 6.36. The summed E-state index contributed by atoms with van der Waals surface area (Å²) in [7, 11) is 0. The predicted molar refractivity (Wildman–Crippen MR) is 78.4 cm³/mol. The molecule has 106 valence electrons. The average molecular weight is 294 g/mol. The molecule has 0 atom stereocenters. The first-order chi connectivity index (χ1) is 9.54. The van der Waals surface area contributed by atoms with Gasteiger partial charge >= 0.3 is 0 Å². The Balaban J connectivity index is 2.61. The van der Waals surface area contributed by atoms with Crippen molar-refractivity contribution in [2.45, 2.75) is 6.92 Å². The Kier molecular flexibility index (Phi) is 6.57. The number of nitrogens with one attached hydrogen (secondary N) is 2. The van der Waals surface area contributed by atoms with Gasteiger partial charge in [-0.15, -0.1) is 0 Å². The third-order valence-corrected chi connectivity index (χ3v) is 2.65. The van der Waals surface area contributed by atoms with Gasteiger partial charge in [0.25, 0.3) is 5.91 Å². The van der Waals surface area contributed by atoms with Crippen LogP contribution in [0.2, 0.25) is 5.02 Å². The van der Waals surface area contributed by atoms with Crippen molar-refractivity contribution in [2.75, 3.05) is 19.6 Å². The lowest BCUT2D eigenvalue weighted by Gasteiger charge is -2.06. The summed E-state index contributed by atoms with van der Waals surface area (Å²) in [5, 5.41) is 5.67. The fourth-order valence-corrected chi connectivity index (χ4v) is 1.65. The molecule has 0 aliphatic rings. The molecule has 0 saturated heterocycles. The predicted octanol–water partition coefficient (Wildman–Crippen LogP) is 0.516. The molecule has 0 unspecified atom stereocenters. The second-order valence-electron chi connectivity index (χ2n) is 3.94. The number of carbonyl (C=O) groups excluding carboxylic acids is 2. The molecule has 0 radical (unpaired) electrons. The molecule has 1 aromatic rings. The van der Waals surface area contributed by atoms with Gasteiger partial charge in [-0.05, 0) is 18.2 Å². The van der Waals surface area contributed by atoms with Crippen molar-refractivity contribution in [3.63, 3.8) is 0 Å². The van der Waals surface area contributed by atoms with Crippen molar-refractivity contribution >= 4 is 23.4 Å². The van der Waals surface area contributed by atoms with Gasteiger partial charge in [0.2, 0.25) is 5.91 Å². The molecule has 0 spiro atoms. The molecule has 0 aliphatic carbocycles. The Hall–Kier alpha value is -2.03. The van der Waals surface area contributed by atoms with Gasteiger partial charge in [-0.1, -0.05) is 23.4 Å². The maximum atomic E-state index is 11.8. The summed E-state index contributed by atoms with van der Waals surface area (Å²) in [6.45, 7) is 2.41. The fraction of sp³-hybridized carbons (Fsp3) is 0.286. The number of hydrogen-bond acceptors (Lipinski definition) is 3. The highest BCUT2D eigenvalue weighted by Gasteiger charge is 2.07. The van der Waals surface area contributed by atoms with E-state index in [1.807, 2.05) is 0 Å². The van der Waals surface area contributed by atoms with E-state index in [4.69, 9.17) is 17.3 Å². The summed E-state index contributed by atoms with van der Waals surface area (Å²) >= 11 is 6.03. The summed E-state index contributed by atoms with van der Waals surface area (Å²) < 4.78 is 0. The summed E-state index contributed by atoms with van der Waals surface area (Å²) in [6.07, 6.45) is 0. The average Bonchev–Trinajstić information content (AvgIpc) is 2.41. The minimum Gasteiger partial charge on any atom is -0.355 e. The van der Waals surface area contributed by atoms with E-state index in [0.717, 1.165) is 0 Å². The van der Waals surface area contributed by atoms with Crippen LogP contribution in [0.4, 0.5) is 0 Å². The van der Waals surface area contributed by atoms with Gasteiger partial charge in [0, 0.05) is 31.1 Å². The van der Waals surface area contributed by atoms with E-state index in [1.54, 1.807) is 18.2 Å². The van der Waals surface area contributed by atoms with Crippen LogP contribution in [0.5, 0.6) is 0 Å². The first-order valence-electron chi connectivity index (χ1n) is 6.05. The molecule has 20 heavy (non-hydrogen) atoms. The Morgan fingerprint density at radius 1 is 1.30 bits per heavy atom. The van der Waals surface area contributed by atoms with Crippen LogP contribution in [0.3, 0.4) is 0 Å². The number of carbonyl (C=O) groups is 2. The molecule has 0 heterocycles. The quantitative estimate of drug-likeness (QED) is 0.559. The van der Waals surface area contributed by atoms with E-state index in [0.29, 0.717) is 29.2 Å². The van der Waals surface area contributed by atoms with Gasteiger partial charge in [0.05, 0.1) is 11.6 Å². The number of nitrogens with two attached hydrogens (primary N) is 1. The number of halogens is 1. The number of hydrogen-bond donors (Lipinski definition) is 3. The molecule has 2 amide bonds.